The molecule has 8 heavy (non-hydrogen) atoms. The molecule has 0 aromatic rings. The molecule has 0 heterocycles. The van der Waals surface area contributed by atoms with Gasteiger partial charge in [-0.25, -0.2) is 0 Å². The van der Waals surface area contributed by atoms with Crippen LogP contribution in [0.3, 0.4) is 0 Å². The lowest BCUT2D eigenvalue weighted by atomic mass is 10.5. The van der Waals surface area contributed by atoms with Gasteiger partial charge in [0.15, 0.2) is 8.11 Å². The zero-order valence-electron chi connectivity index (χ0n) is 4.82. The van der Waals surface area contributed by atoms with Gasteiger partial charge in [-0.05, 0) is 6.42 Å². The molecule has 0 bridgehead atoms. The molecule has 0 N–H and O–H groups in total. The maximum absolute atomic E-state index is 5.88. The fourth-order valence-electron chi connectivity index (χ4n) is 0.703. The molecule has 0 aromatic heterocycles. The Balaban J connectivity index is 2.51. The molecule has 2 heteroatoms. The zero-order valence-corrected chi connectivity index (χ0v) is 6.57. The van der Waals surface area contributed by atoms with Gasteiger partial charge in [0.25, 0.3) is 0 Å². The van der Waals surface area contributed by atoms with E-state index in [0.717, 1.165) is 6.42 Å². The van der Waals surface area contributed by atoms with Crippen molar-refractivity contribution in [1.82, 2.24) is 0 Å². The van der Waals surface area contributed by atoms with E-state index in [0.29, 0.717) is 0 Å². The van der Waals surface area contributed by atoms with Crippen molar-refractivity contribution in [3.8, 4) is 0 Å². The highest BCUT2D eigenvalue weighted by Gasteiger charge is 2.07. The first-order chi connectivity index (χ1) is 3.80. The number of rotatable bonds is 1. The van der Waals surface area contributed by atoms with Crippen molar-refractivity contribution < 1.29 is 0 Å². The topological polar surface area (TPSA) is 0 Å². The van der Waals surface area contributed by atoms with Crippen LogP contribution in [0.25, 0.3) is 0 Å². The highest BCUT2D eigenvalue weighted by atomic mass is 35.6. The molecule has 1 rings (SSSR count). The zero-order chi connectivity index (χ0) is 5.98. The second-order valence-electron chi connectivity index (χ2n) is 1.86. The molecule has 0 aliphatic heterocycles. The molecule has 0 unspecified atom stereocenters. The first-order valence-electron chi connectivity index (χ1n) is 2.66. The fourth-order valence-corrected chi connectivity index (χ4v) is 1.85. The monoisotopic (exact) mass is 143 g/mol. The predicted molar refractivity (Wildman–Crippen MR) is 39.3 cm³/mol. The van der Waals surface area contributed by atoms with Crippen molar-refractivity contribution >= 4 is 19.2 Å². The van der Waals surface area contributed by atoms with Gasteiger partial charge in [0.2, 0.25) is 0 Å². The van der Waals surface area contributed by atoms with Crippen LogP contribution in [-0.4, -0.2) is 8.11 Å². The van der Waals surface area contributed by atoms with Gasteiger partial charge in [-0.15, -0.1) is 0 Å². The van der Waals surface area contributed by atoms with Gasteiger partial charge in [0.1, 0.15) is 0 Å². The fraction of sp³-hybridized carbons (Fsp3) is 0.333. The Bertz CT molecular complexity index is 135. The number of halogens is 1. The molecule has 0 spiro atoms. The van der Waals surface area contributed by atoms with E-state index in [1.807, 2.05) is 0 Å². The maximum Gasteiger partial charge on any atom is 0.192 e. The Morgan fingerprint density at radius 2 is 2.50 bits per heavy atom. The lowest BCUT2D eigenvalue weighted by Crippen LogP contribution is -1.98. The lowest BCUT2D eigenvalue weighted by Gasteiger charge is -1.97. The van der Waals surface area contributed by atoms with Gasteiger partial charge in [-0.1, -0.05) is 30.0 Å². The van der Waals surface area contributed by atoms with E-state index < -0.39 is 8.11 Å². The molecule has 1 aliphatic rings. The third kappa shape index (κ3) is 1.23. The summed E-state index contributed by atoms with van der Waals surface area (Å²) in [7, 11) is -0.641. The van der Waals surface area contributed by atoms with Gasteiger partial charge >= 0.3 is 0 Å². The van der Waals surface area contributed by atoms with Crippen LogP contribution in [0, 0.1) is 0 Å². The molecule has 0 saturated carbocycles. The van der Waals surface area contributed by atoms with E-state index in [2.05, 4.69) is 24.8 Å². The van der Waals surface area contributed by atoms with Gasteiger partial charge in [-0.3, -0.25) is 0 Å². The number of hydrogen-bond donors (Lipinski definition) is 0. The van der Waals surface area contributed by atoms with Crippen LogP contribution in [0.2, 0.25) is 6.55 Å². The smallest absolute Gasteiger partial charge is 0.163 e. The Hall–Kier alpha value is -0.0131. The molecule has 0 aromatic carbocycles. The average Bonchev–Trinajstić information content (AvgIpc) is 2.12. The van der Waals surface area contributed by atoms with Gasteiger partial charge in [0.05, 0.1) is 0 Å². The normalized spacial score (nSPS) is 17.6. The minimum absolute atomic E-state index is 0.641. The van der Waals surface area contributed by atoms with E-state index in [9.17, 15) is 0 Å². The van der Waals surface area contributed by atoms with Crippen molar-refractivity contribution in [3.05, 3.63) is 23.4 Å². The molecular weight excluding hydrogens is 136 g/mol. The van der Waals surface area contributed by atoms with Gasteiger partial charge in [-0.2, -0.15) is 11.1 Å². The Morgan fingerprint density at radius 3 is 2.75 bits per heavy atom. The third-order valence-corrected chi connectivity index (χ3v) is 3.20. The highest BCUT2D eigenvalue weighted by Crippen LogP contribution is 2.15. The minimum atomic E-state index is -0.641. The second-order valence-corrected chi connectivity index (χ2v) is 5.27. The first kappa shape index (κ1) is 6.11. The summed E-state index contributed by atoms with van der Waals surface area (Å²) in [5.41, 5.74) is 0. The van der Waals surface area contributed by atoms with Crippen molar-refractivity contribution in [2.24, 2.45) is 0 Å². The van der Waals surface area contributed by atoms with E-state index in [1.165, 1.54) is 5.20 Å². The second kappa shape index (κ2) is 2.51. The molecule has 1 radical (unpaired) electrons. The van der Waals surface area contributed by atoms with Crippen molar-refractivity contribution in [2.75, 3.05) is 0 Å². The summed E-state index contributed by atoms with van der Waals surface area (Å²) in [5, 5.41) is 1.43. The lowest BCUT2D eigenvalue weighted by molar-refractivity contribution is 1.39. The molecular formula is C6H8ClSi. The Labute approximate surface area is 56.2 Å². The van der Waals surface area contributed by atoms with Gasteiger partial charge in [0, 0.05) is 0 Å². The summed E-state index contributed by atoms with van der Waals surface area (Å²) in [6.07, 6.45) is 7.44. The minimum Gasteiger partial charge on any atom is -0.163 e. The molecule has 0 atom stereocenters. The van der Waals surface area contributed by atoms with E-state index in [-0.39, 0.29) is 0 Å². The molecule has 1 aliphatic carbocycles. The van der Waals surface area contributed by atoms with E-state index in [1.54, 1.807) is 0 Å². The van der Waals surface area contributed by atoms with Crippen LogP contribution >= 0.6 is 11.1 Å². The van der Waals surface area contributed by atoms with Crippen molar-refractivity contribution in [2.45, 2.75) is 13.0 Å². The number of allylic oxidation sites excluding steroid dienone is 4. The first-order valence-corrected chi connectivity index (χ1v) is 5.67. The Morgan fingerprint density at radius 1 is 1.75 bits per heavy atom. The van der Waals surface area contributed by atoms with E-state index >= 15 is 0 Å². The molecule has 43 valence electrons. The quantitative estimate of drug-likeness (QED) is 0.390. The molecule has 0 saturated heterocycles. The van der Waals surface area contributed by atoms with Crippen LogP contribution < -0.4 is 0 Å². The van der Waals surface area contributed by atoms with Crippen LogP contribution in [0.1, 0.15) is 6.42 Å². The average molecular weight is 144 g/mol. The largest absolute Gasteiger partial charge is 0.192 e. The summed E-state index contributed by atoms with van der Waals surface area (Å²) in [6.45, 7) is 2.10. The number of hydrogen-bond acceptors (Lipinski definition) is 0. The SMILES string of the molecule is C[Si](Cl)C1=CC=CC1. The summed E-state index contributed by atoms with van der Waals surface area (Å²) in [6, 6.07) is 0. The maximum atomic E-state index is 5.88. The van der Waals surface area contributed by atoms with Crippen LogP contribution in [0.15, 0.2) is 23.4 Å². The van der Waals surface area contributed by atoms with Crippen LogP contribution in [-0.2, 0) is 0 Å². The summed E-state index contributed by atoms with van der Waals surface area (Å²) in [5.74, 6) is 0. The van der Waals surface area contributed by atoms with Crippen LogP contribution in [0.4, 0.5) is 0 Å². The summed E-state index contributed by atoms with van der Waals surface area (Å²) in [4.78, 5) is 0. The molecule has 0 fully saturated rings. The summed E-state index contributed by atoms with van der Waals surface area (Å²) < 4.78 is 0. The summed E-state index contributed by atoms with van der Waals surface area (Å²) >= 11 is 5.88. The third-order valence-electron chi connectivity index (χ3n) is 1.21. The standard InChI is InChI=1S/C6H8ClSi/c1-8(7)6-4-2-3-5-6/h2-4H,5H2,1H3. The predicted octanol–water partition coefficient (Wildman–Crippen LogP) is 2.27. The van der Waals surface area contributed by atoms with Gasteiger partial charge < -0.3 is 0 Å². The van der Waals surface area contributed by atoms with E-state index in [4.69, 9.17) is 11.1 Å². The van der Waals surface area contributed by atoms with Crippen molar-refractivity contribution in [3.63, 3.8) is 0 Å². The molecule has 0 nitrogen and oxygen atoms in total. The van der Waals surface area contributed by atoms with Crippen molar-refractivity contribution in [1.29, 1.82) is 0 Å². The Kier molecular flexibility index (Phi) is 1.92. The molecule has 0 amide bonds. The highest BCUT2D eigenvalue weighted by molar-refractivity contribution is 7.10. The van der Waals surface area contributed by atoms with Crippen LogP contribution in [0.5, 0.6) is 0 Å².